The van der Waals surface area contributed by atoms with Crippen LogP contribution in [-0.2, 0) is 19.1 Å². The summed E-state index contributed by atoms with van der Waals surface area (Å²) >= 11 is 0. The van der Waals surface area contributed by atoms with Gasteiger partial charge >= 0.3 is 6.18 Å². The van der Waals surface area contributed by atoms with Crippen molar-refractivity contribution in [3.05, 3.63) is 65.4 Å². The number of ether oxygens (including phenoxy) is 2. The molecule has 1 aliphatic carbocycles. The molecule has 1 aliphatic rings. The van der Waals surface area contributed by atoms with E-state index in [2.05, 4.69) is 24.9 Å². The van der Waals surface area contributed by atoms with Crippen molar-refractivity contribution in [2.75, 3.05) is 14.2 Å². The fourth-order valence-electron chi connectivity index (χ4n) is 4.85. The van der Waals surface area contributed by atoms with Crippen molar-refractivity contribution in [1.82, 2.24) is 29.5 Å². The van der Waals surface area contributed by atoms with Crippen molar-refractivity contribution >= 4 is 11.1 Å². The van der Waals surface area contributed by atoms with Gasteiger partial charge in [0.1, 0.15) is 34.8 Å². The molecule has 41 heavy (non-hydrogen) atoms. The van der Waals surface area contributed by atoms with Crippen molar-refractivity contribution in [2.45, 2.75) is 44.8 Å². The molecular formula is C28H24F4N6O3. The molecule has 4 heterocycles. The van der Waals surface area contributed by atoms with Crippen LogP contribution in [0.1, 0.15) is 48.3 Å². The molecular weight excluding hydrogens is 544 g/mol. The van der Waals surface area contributed by atoms with Gasteiger partial charge in [0.15, 0.2) is 11.3 Å². The average Bonchev–Trinajstić information content (AvgIpc) is 3.55. The molecule has 5 aromatic rings. The first kappa shape index (κ1) is 26.7. The minimum Gasteiger partial charge on any atom is -0.496 e. The van der Waals surface area contributed by atoms with Crippen LogP contribution in [0.25, 0.3) is 33.9 Å². The maximum absolute atomic E-state index is 15.6. The molecule has 1 saturated carbocycles. The first-order valence-corrected chi connectivity index (χ1v) is 12.9. The molecule has 0 spiro atoms. The van der Waals surface area contributed by atoms with Gasteiger partial charge in [0.05, 0.1) is 31.2 Å². The number of aromatic nitrogens is 6. The SMILES string of the molecule is CCn1cc(C(F)(F)F)nc1-c1c(F)cc(Cc2nccc3nc(-c4c(OC)ncnc4C4CC4)oc23)cc1OC. The van der Waals surface area contributed by atoms with Gasteiger partial charge in [-0.15, -0.1) is 0 Å². The summed E-state index contributed by atoms with van der Waals surface area (Å²) < 4.78 is 73.9. The second-order valence-electron chi connectivity index (χ2n) is 9.61. The van der Waals surface area contributed by atoms with Crippen molar-refractivity contribution in [1.29, 1.82) is 0 Å². The Labute approximate surface area is 231 Å². The van der Waals surface area contributed by atoms with E-state index in [-0.39, 0.29) is 36.0 Å². The van der Waals surface area contributed by atoms with Crippen LogP contribution >= 0.6 is 0 Å². The molecule has 0 unspecified atom stereocenters. The van der Waals surface area contributed by atoms with Gasteiger partial charge in [-0.3, -0.25) is 4.98 Å². The van der Waals surface area contributed by atoms with Crippen LogP contribution in [0.4, 0.5) is 17.6 Å². The van der Waals surface area contributed by atoms with Gasteiger partial charge < -0.3 is 18.5 Å². The summed E-state index contributed by atoms with van der Waals surface area (Å²) in [7, 11) is 2.83. The number of methoxy groups -OCH3 is 2. The Morgan fingerprint density at radius 1 is 1.05 bits per heavy atom. The van der Waals surface area contributed by atoms with Gasteiger partial charge in [-0.25, -0.2) is 24.3 Å². The van der Waals surface area contributed by atoms with Crippen molar-refractivity contribution in [3.63, 3.8) is 0 Å². The number of halogens is 4. The number of fused-ring (bicyclic) bond motifs is 1. The smallest absolute Gasteiger partial charge is 0.434 e. The lowest BCUT2D eigenvalue weighted by Crippen LogP contribution is -2.05. The minimum absolute atomic E-state index is 0.0414. The standard InChI is InChI=1S/C28H24F4N6O3/c1-4-38-12-20(28(30,31)32)37-25(38)21-16(29)9-14(11-19(21)39-2)10-18-24-17(7-8-33-18)36-27(41-24)22-23(15-5-6-15)34-13-35-26(22)40-3/h7-9,11-13,15H,4-6,10H2,1-3H3. The molecule has 0 aliphatic heterocycles. The highest BCUT2D eigenvalue weighted by Crippen LogP contribution is 2.46. The van der Waals surface area contributed by atoms with Crippen LogP contribution in [-0.4, -0.2) is 43.7 Å². The first-order valence-electron chi connectivity index (χ1n) is 12.9. The number of aryl methyl sites for hydroxylation is 1. The van der Waals surface area contributed by atoms with Gasteiger partial charge in [0, 0.05) is 31.3 Å². The number of oxazole rings is 1. The second kappa shape index (κ2) is 10.1. The van der Waals surface area contributed by atoms with Crippen LogP contribution < -0.4 is 9.47 Å². The number of imidazole rings is 1. The third-order valence-electron chi connectivity index (χ3n) is 6.93. The quantitative estimate of drug-likeness (QED) is 0.204. The largest absolute Gasteiger partial charge is 0.496 e. The summed E-state index contributed by atoms with van der Waals surface area (Å²) in [5, 5.41) is 0. The maximum atomic E-state index is 15.6. The van der Waals surface area contributed by atoms with Gasteiger partial charge in [0.25, 0.3) is 0 Å². The highest BCUT2D eigenvalue weighted by Gasteiger charge is 2.36. The molecule has 1 aromatic carbocycles. The zero-order valence-corrected chi connectivity index (χ0v) is 22.3. The predicted octanol–water partition coefficient (Wildman–Crippen LogP) is 6.21. The number of rotatable bonds is 8. The molecule has 9 nitrogen and oxygen atoms in total. The Balaban J connectivity index is 1.40. The molecule has 212 valence electrons. The fraction of sp³-hybridized carbons (Fsp3) is 0.321. The number of pyridine rings is 1. The first-order chi connectivity index (χ1) is 19.7. The minimum atomic E-state index is -4.67. The maximum Gasteiger partial charge on any atom is 0.434 e. The third-order valence-corrected chi connectivity index (χ3v) is 6.93. The van der Waals surface area contributed by atoms with Crippen LogP contribution in [0.15, 0.2) is 41.3 Å². The summed E-state index contributed by atoms with van der Waals surface area (Å²) in [5.74, 6) is 0.00752. The van der Waals surface area contributed by atoms with Crippen molar-refractivity contribution in [2.24, 2.45) is 0 Å². The summed E-state index contributed by atoms with van der Waals surface area (Å²) in [6, 6.07) is 4.49. The number of alkyl halides is 3. The molecule has 0 atom stereocenters. The number of benzene rings is 1. The Bertz CT molecular complexity index is 1760. The van der Waals surface area contributed by atoms with E-state index in [0.717, 1.165) is 24.7 Å². The summed E-state index contributed by atoms with van der Waals surface area (Å²) in [5.41, 5.74) is 1.99. The highest BCUT2D eigenvalue weighted by molar-refractivity contribution is 5.80. The summed E-state index contributed by atoms with van der Waals surface area (Å²) in [4.78, 5) is 21.4. The Morgan fingerprint density at radius 3 is 2.54 bits per heavy atom. The van der Waals surface area contributed by atoms with E-state index in [1.54, 1.807) is 25.3 Å². The van der Waals surface area contributed by atoms with E-state index >= 15 is 4.39 Å². The van der Waals surface area contributed by atoms with Crippen LogP contribution in [0.5, 0.6) is 11.6 Å². The summed E-state index contributed by atoms with van der Waals surface area (Å²) in [6.45, 7) is 1.80. The third kappa shape index (κ3) is 4.85. The number of hydrogen-bond donors (Lipinski definition) is 0. The van der Waals surface area contributed by atoms with Crippen molar-refractivity contribution < 1.29 is 31.5 Å². The molecule has 0 radical (unpaired) electrons. The lowest BCUT2D eigenvalue weighted by molar-refractivity contribution is -0.140. The second-order valence-corrected chi connectivity index (χ2v) is 9.61. The Morgan fingerprint density at radius 2 is 1.85 bits per heavy atom. The lowest BCUT2D eigenvalue weighted by Gasteiger charge is -2.13. The van der Waals surface area contributed by atoms with Crippen LogP contribution in [0, 0.1) is 5.82 Å². The number of hydrogen-bond acceptors (Lipinski definition) is 8. The molecule has 6 rings (SSSR count). The highest BCUT2D eigenvalue weighted by atomic mass is 19.4. The topological polar surface area (TPSA) is 101 Å². The van der Waals surface area contributed by atoms with Crippen LogP contribution in [0.2, 0.25) is 0 Å². The van der Waals surface area contributed by atoms with Gasteiger partial charge in [0.2, 0.25) is 11.8 Å². The zero-order valence-electron chi connectivity index (χ0n) is 22.3. The van der Waals surface area contributed by atoms with E-state index in [1.165, 1.54) is 31.2 Å². The molecule has 0 amide bonds. The Kier molecular flexibility index (Phi) is 6.59. The normalized spacial score (nSPS) is 13.6. The lowest BCUT2D eigenvalue weighted by atomic mass is 10.0. The monoisotopic (exact) mass is 568 g/mol. The molecule has 1 fully saturated rings. The molecule has 0 bridgehead atoms. The van der Waals surface area contributed by atoms with E-state index in [1.807, 2.05) is 0 Å². The number of nitrogens with zero attached hydrogens (tertiary/aromatic N) is 6. The van der Waals surface area contributed by atoms with E-state index < -0.39 is 17.7 Å². The van der Waals surface area contributed by atoms with Gasteiger partial charge in [-0.2, -0.15) is 13.2 Å². The van der Waals surface area contributed by atoms with Gasteiger partial charge in [-0.05, 0) is 43.5 Å². The van der Waals surface area contributed by atoms with E-state index in [0.29, 0.717) is 39.7 Å². The van der Waals surface area contributed by atoms with E-state index in [9.17, 15) is 13.2 Å². The summed E-state index contributed by atoms with van der Waals surface area (Å²) in [6.07, 6.45) is 1.34. The Hall–Kier alpha value is -4.55. The fourth-order valence-corrected chi connectivity index (χ4v) is 4.85. The zero-order chi connectivity index (χ0) is 28.9. The van der Waals surface area contributed by atoms with Gasteiger partial charge in [-0.1, -0.05) is 0 Å². The predicted molar refractivity (Wildman–Crippen MR) is 139 cm³/mol. The average molecular weight is 569 g/mol. The van der Waals surface area contributed by atoms with E-state index in [4.69, 9.17) is 13.9 Å². The molecule has 0 N–H and O–H groups in total. The van der Waals surface area contributed by atoms with Crippen molar-refractivity contribution in [3.8, 4) is 34.5 Å². The van der Waals surface area contributed by atoms with Crippen LogP contribution in [0.3, 0.4) is 0 Å². The molecule has 13 heteroatoms. The molecule has 4 aromatic heterocycles. The molecule has 0 saturated heterocycles.